The molecule has 1 aliphatic heterocycles. The minimum Gasteiger partial charge on any atom is -0.371 e. The SMILES string of the molecule is CC1CCN(c2ccc(NC(=O)c3ccc([N+](=O)[O-])cc3Cl)cc2C(=O)NC2CCCCC2)CC1. The Balaban J connectivity index is 1.58. The molecule has 0 spiro atoms. The molecule has 2 amide bonds. The van der Waals surface area contributed by atoms with E-state index in [4.69, 9.17) is 11.6 Å². The number of anilines is 2. The molecule has 8 nitrogen and oxygen atoms in total. The molecule has 2 N–H and O–H groups in total. The van der Waals surface area contributed by atoms with Crippen LogP contribution in [-0.4, -0.2) is 35.9 Å². The van der Waals surface area contributed by atoms with Crippen LogP contribution in [0.15, 0.2) is 36.4 Å². The molecule has 1 saturated carbocycles. The molecule has 2 aliphatic rings. The third-order valence-electron chi connectivity index (χ3n) is 6.97. The predicted octanol–water partition coefficient (Wildman–Crippen LogP) is 5.80. The highest BCUT2D eigenvalue weighted by Gasteiger charge is 2.24. The number of hydrogen-bond acceptors (Lipinski definition) is 5. The van der Waals surface area contributed by atoms with Crippen molar-refractivity contribution in [2.45, 2.75) is 57.9 Å². The summed E-state index contributed by atoms with van der Waals surface area (Å²) in [5.41, 5.74) is 1.81. The third kappa shape index (κ3) is 6.11. The van der Waals surface area contributed by atoms with Crippen LogP contribution in [-0.2, 0) is 0 Å². The van der Waals surface area contributed by atoms with Crippen LogP contribution in [0.5, 0.6) is 0 Å². The van der Waals surface area contributed by atoms with Gasteiger partial charge < -0.3 is 15.5 Å². The van der Waals surface area contributed by atoms with E-state index in [1.54, 1.807) is 12.1 Å². The van der Waals surface area contributed by atoms with Crippen LogP contribution >= 0.6 is 11.6 Å². The molecule has 0 unspecified atom stereocenters. The van der Waals surface area contributed by atoms with E-state index in [0.717, 1.165) is 63.4 Å². The van der Waals surface area contributed by atoms with E-state index in [1.807, 2.05) is 6.07 Å². The highest BCUT2D eigenvalue weighted by atomic mass is 35.5. The van der Waals surface area contributed by atoms with Gasteiger partial charge in [0.05, 0.1) is 21.1 Å². The van der Waals surface area contributed by atoms with Gasteiger partial charge in [0.1, 0.15) is 0 Å². The molecule has 0 aromatic heterocycles. The lowest BCUT2D eigenvalue weighted by Crippen LogP contribution is -2.38. The fourth-order valence-electron chi connectivity index (χ4n) is 4.83. The fraction of sp³-hybridized carbons (Fsp3) is 0.462. The lowest BCUT2D eigenvalue weighted by atomic mass is 9.95. The number of non-ortho nitro benzene ring substituents is 1. The van der Waals surface area contributed by atoms with Crippen molar-refractivity contribution in [2.24, 2.45) is 5.92 Å². The number of halogens is 1. The van der Waals surface area contributed by atoms with Gasteiger partial charge in [-0.1, -0.05) is 37.8 Å². The summed E-state index contributed by atoms with van der Waals surface area (Å²) in [4.78, 5) is 38.9. The van der Waals surface area contributed by atoms with E-state index in [2.05, 4.69) is 22.5 Å². The minimum absolute atomic E-state index is 0.00831. The first-order valence-electron chi connectivity index (χ1n) is 12.3. The Morgan fingerprint density at radius 2 is 1.69 bits per heavy atom. The van der Waals surface area contributed by atoms with Crippen molar-refractivity contribution < 1.29 is 14.5 Å². The van der Waals surface area contributed by atoms with Crippen LogP contribution in [0.1, 0.15) is 72.6 Å². The zero-order valence-electron chi connectivity index (χ0n) is 19.9. The van der Waals surface area contributed by atoms with Crippen molar-refractivity contribution in [1.82, 2.24) is 5.32 Å². The molecule has 4 rings (SSSR count). The molecular formula is C26H31ClN4O4. The van der Waals surface area contributed by atoms with Crippen molar-refractivity contribution in [2.75, 3.05) is 23.3 Å². The van der Waals surface area contributed by atoms with Gasteiger partial charge >= 0.3 is 0 Å². The molecule has 0 radical (unpaired) electrons. The number of rotatable bonds is 6. The van der Waals surface area contributed by atoms with Crippen molar-refractivity contribution in [3.8, 4) is 0 Å². The first-order valence-corrected chi connectivity index (χ1v) is 12.6. The number of benzene rings is 2. The monoisotopic (exact) mass is 498 g/mol. The summed E-state index contributed by atoms with van der Waals surface area (Å²) < 4.78 is 0. The maximum absolute atomic E-state index is 13.4. The normalized spacial score (nSPS) is 17.1. The van der Waals surface area contributed by atoms with E-state index in [0.29, 0.717) is 17.2 Å². The fourth-order valence-corrected chi connectivity index (χ4v) is 5.09. The van der Waals surface area contributed by atoms with Gasteiger partial charge in [0, 0.05) is 42.6 Å². The van der Waals surface area contributed by atoms with E-state index >= 15 is 0 Å². The Hall–Kier alpha value is -3.13. The van der Waals surface area contributed by atoms with Crippen LogP contribution in [0.25, 0.3) is 0 Å². The van der Waals surface area contributed by atoms with Crippen molar-refractivity contribution in [1.29, 1.82) is 0 Å². The number of nitro groups is 1. The molecular weight excluding hydrogens is 468 g/mol. The smallest absolute Gasteiger partial charge is 0.270 e. The molecule has 2 fully saturated rings. The second kappa shape index (κ2) is 11.1. The number of carbonyl (C=O) groups is 2. The summed E-state index contributed by atoms with van der Waals surface area (Å²) in [5.74, 6) is 0.0360. The van der Waals surface area contributed by atoms with Crippen LogP contribution in [0.2, 0.25) is 5.02 Å². The van der Waals surface area contributed by atoms with Gasteiger partial charge in [0.2, 0.25) is 0 Å². The summed E-state index contributed by atoms with van der Waals surface area (Å²) >= 11 is 6.13. The van der Waals surface area contributed by atoms with Crippen molar-refractivity contribution in [3.05, 3.63) is 62.7 Å². The largest absolute Gasteiger partial charge is 0.371 e. The molecule has 9 heteroatoms. The van der Waals surface area contributed by atoms with E-state index < -0.39 is 10.8 Å². The highest BCUT2D eigenvalue weighted by molar-refractivity contribution is 6.34. The zero-order chi connectivity index (χ0) is 24.9. The molecule has 0 bridgehead atoms. The Morgan fingerprint density at radius 3 is 2.34 bits per heavy atom. The van der Waals surface area contributed by atoms with E-state index in [-0.39, 0.29) is 28.2 Å². The van der Waals surface area contributed by atoms with E-state index in [1.165, 1.54) is 18.6 Å². The summed E-state index contributed by atoms with van der Waals surface area (Å²) in [6, 6.07) is 9.27. The average Bonchev–Trinajstić information content (AvgIpc) is 2.85. The maximum atomic E-state index is 13.4. The van der Waals surface area contributed by atoms with Crippen LogP contribution in [0.3, 0.4) is 0 Å². The van der Waals surface area contributed by atoms with Crippen molar-refractivity contribution >= 4 is 40.5 Å². The summed E-state index contributed by atoms with van der Waals surface area (Å²) in [6.07, 6.45) is 7.55. The van der Waals surface area contributed by atoms with Crippen LogP contribution in [0, 0.1) is 16.0 Å². The topological polar surface area (TPSA) is 105 Å². The summed E-state index contributed by atoms with van der Waals surface area (Å²) in [7, 11) is 0. The molecule has 1 heterocycles. The quantitative estimate of drug-likeness (QED) is 0.387. The molecule has 186 valence electrons. The lowest BCUT2D eigenvalue weighted by Gasteiger charge is -2.34. The molecule has 2 aromatic carbocycles. The zero-order valence-corrected chi connectivity index (χ0v) is 20.6. The Labute approximate surface area is 210 Å². The Bertz CT molecular complexity index is 1110. The molecule has 1 saturated heterocycles. The number of carbonyl (C=O) groups excluding carboxylic acids is 2. The number of nitrogens with zero attached hydrogens (tertiary/aromatic N) is 2. The first kappa shape index (κ1) is 25.0. The van der Waals surface area contributed by atoms with Gasteiger partial charge in [0.15, 0.2) is 0 Å². The average molecular weight is 499 g/mol. The highest BCUT2D eigenvalue weighted by Crippen LogP contribution is 2.30. The third-order valence-corrected chi connectivity index (χ3v) is 7.28. The van der Waals surface area contributed by atoms with E-state index in [9.17, 15) is 19.7 Å². The standard InChI is InChI=1S/C26H31ClN4O4/c1-17-11-13-30(14-12-17)24-10-7-19(15-22(24)26(33)28-18-5-3-2-4-6-18)29-25(32)21-9-8-20(31(34)35)16-23(21)27/h7-10,15-18H,2-6,11-14H2,1H3,(H,28,33)(H,29,32). The van der Waals surface area contributed by atoms with Crippen molar-refractivity contribution in [3.63, 3.8) is 0 Å². The Kier molecular flexibility index (Phi) is 7.90. The summed E-state index contributed by atoms with van der Waals surface area (Å²) in [6.45, 7) is 4.01. The Morgan fingerprint density at radius 1 is 0.971 bits per heavy atom. The van der Waals surface area contributed by atoms with Gasteiger partial charge in [-0.25, -0.2) is 0 Å². The second-order valence-corrected chi connectivity index (χ2v) is 9.99. The molecule has 0 atom stereocenters. The number of nitro benzene ring substituents is 1. The van der Waals surface area contributed by atoms with Gasteiger partial charge in [-0.05, 0) is 55.9 Å². The first-order chi connectivity index (χ1) is 16.8. The van der Waals surface area contributed by atoms with Gasteiger partial charge in [0.25, 0.3) is 17.5 Å². The summed E-state index contributed by atoms with van der Waals surface area (Å²) in [5, 5.41) is 16.9. The number of amides is 2. The van der Waals surface area contributed by atoms with Gasteiger partial charge in [-0.2, -0.15) is 0 Å². The lowest BCUT2D eigenvalue weighted by molar-refractivity contribution is -0.384. The number of nitrogens with one attached hydrogen (secondary N) is 2. The minimum atomic E-state index is -0.565. The van der Waals surface area contributed by atoms with Gasteiger partial charge in [-0.15, -0.1) is 0 Å². The number of hydrogen-bond donors (Lipinski definition) is 2. The van der Waals surface area contributed by atoms with Crippen LogP contribution < -0.4 is 15.5 Å². The maximum Gasteiger partial charge on any atom is 0.270 e. The van der Waals surface area contributed by atoms with Crippen LogP contribution in [0.4, 0.5) is 17.1 Å². The number of piperidine rings is 1. The second-order valence-electron chi connectivity index (χ2n) is 9.59. The van der Waals surface area contributed by atoms with Gasteiger partial charge in [-0.3, -0.25) is 19.7 Å². The molecule has 35 heavy (non-hydrogen) atoms. The predicted molar refractivity (Wildman–Crippen MR) is 137 cm³/mol. The molecule has 1 aliphatic carbocycles. The molecule has 2 aromatic rings.